The maximum Gasteiger partial charge on any atom is 0.101 e. The van der Waals surface area contributed by atoms with Gasteiger partial charge in [0.15, 0.2) is 0 Å². The fraction of sp³-hybridized carbons (Fsp3) is 0.250. The number of benzene rings is 1. The van der Waals surface area contributed by atoms with Crippen LogP contribution in [0.15, 0.2) is 36.7 Å². The van der Waals surface area contributed by atoms with E-state index in [1.807, 2.05) is 6.07 Å². The second kappa shape index (κ2) is 6.12. The van der Waals surface area contributed by atoms with Gasteiger partial charge in [-0.2, -0.15) is 5.26 Å². The van der Waals surface area contributed by atoms with Crippen molar-refractivity contribution in [2.24, 2.45) is 0 Å². The predicted molar refractivity (Wildman–Crippen MR) is 76.5 cm³/mol. The number of nitriles is 1. The molecule has 1 heterocycles. The van der Waals surface area contributed by atoms with Crippen LogP contribution in [0.1, 0.15) is 23.6 Å². The minimum Gasteiger partial charge on any atom is -0.313 e. The Bertz CT molecular complexity index is 612. The summed E-state index contributed by atoms with van der Waals surface area (Å²) in [6.45, 7) is 6.03. The summed E-state index contributed by atoms with van der Waals surface area (Å²) >= 11 is 0. The highest BCUT2D eigenvalue weighted by molar-refractivity contribution is 5.68. The first-order valence-corrected chi connectivity index (χ1v) is 6.40. The third kappa shape index (κ3) is 3.18. The fourth-order valence-electron chi connectivity index (χ4n) is 2.08. The number of aryl methyl sites for hydroxylation is 1. The normalized spacial score (nSPS) is 10.2. The summed E-state index contributed by atoms with van der Waals surface area (Å²) in [5.74, 6) is 0. The van der Waals surface area contributed by atoms with E-state index in [-0.39, 0.29) is 0 Å². The van der Waals surface area contributed by atoms with Crippen LogP contribution in [0.25, 0.3) is 11.1 Å². The summed E-state index contributed by atoms with van der Waals surface area (Å²) < 4.78 is 0. The van der Waals surface area contributed by atoms with E-state index in [4.69, 9.17) is 5.26 Å². The molecule has 0 radical (unpaired) electrons. The van der Waals surface area contributed by atoms with E-state index in [2.05, 4.69) is 48.4 Å². The molecule has 2 rings (SSSR count). The summed E-state index contributed by atoms with van der Waals surface area (Å²) in [4.78, 5) is 4.11. The molecule has 0 spiro atoms. The highest BCUT2D eigenvalue weighted by Gasteiger charge is 2.04. The Labute approximate surface area is 113 Å². The number of rotatable bonds is 4. The van der Waals surface area contributed by atoms with Gasteiger partial charge in [-0.15, -0.1) is 0 Å². The van der Waals surface area contributed by atoms with Crippen LogP contribution in [-0.4, -0.2) is 11.5 Å². The van der Waals surface area contributed by atoms with Crippen molar-refractivity contribution in [2.45, 2.75) is 20.4 Å². The Hall–Kier alpha value is -2.18. The molecule has 0 aliphatic rings. The van der Waals surface area contributed by atoms with Crippen LogP contribution >= 0.6 is 0 Å². The van der Waals surface area contributed by atoms with Gasteiger partial charge in [-0.1, -0.05) is 25.1 Å². The first kappa shape index (κ1) is 13.3. The molecular weight excluding hydrogens is 234 g/mol. The molecule has 19 heavy (non-hydrogen) atoms. The number of hydrogen-bond acceptors (Lipinski definition) is 3. The summed E-state index contributed by atoms with van der Waals surface area (Å²) in [5.41, 5.74) is 5.19. The predicted octanol–water partition coefficient (Wildman–Crippen LogP) is 3.04. The van der Waals surface area contributed by atoms with E-state index in [0.29, 0.717) is 5.56 Å². The smallest absolute Gasteiger partial charge is 0.101 e. The average molecular weight is 251 g/mol. The molecule has 1 aromatic carbocycles. The molecule has 96 valence electrons. The van der Waals surface area contributed by atoms with Gasteiger partial charge >= 0.3 is 0 Å². The molecule has 0 saturated heterocycles. The van der Waals surface area contributed by atoms with Gasteiger partial charge in [-0.25, -0.2) is 0 Å². The van der Waals surface area contributed by atoms with Gasteiger partial charge in [-0.3, -0.25) is 4.98 Å². The number of pyridine rings is 1. The molecule has 0 aliphatic carbocycles. The quantitative estimate of drug-likeness (QED) is 0.908. The summed E-state index contributed by atoms with van der Waals surface area (Å²) in [6, 6.07) is 10.4. The summed E-state index contributed by atoms with van der Waals surface area (Å²) in [5, 5.41) is 12.2. The van der Waals surface area contributed by atoms with Gasteiger partial charge in [0.05, 0.1) is 5.56 Å². The van der Waals surface area contributed by atoms with Crippen molar-refractivity contribution in [3.63, 3.8) is 0 Å². The standard InChI is InChI=1S/C16H17N3/c1-3-18-9-13-4-5-16(12(2)6-13)15-7-14(8-17)10-19-11-15/h4-7,10-11,18H,3,9H2,1-2H3. The molecule has 0 atom stereocenters. The highest BCUT2D eigenvalue weighted by Crippen LogP contribution is 2.24. The van der Waals surface area contributed by atoms with Gasteiger partial charge < -0.3 is 5.32 Å². The van der Waals surface area contributed by atoms with Gasteiger partial charge in [-0.05, 0) is 36.2 Å². The molecule has 0 saturated carbocycles. The van der Waals surface area contributed by atoms with E-state index >= 15 is 0 Å². The third-order valence-corrected chi connectivity index (χ3v) is 3.05. The van der Waals surface area contributed by atoms with Crippen LogP contribution in [0.4, 0.5) is 0 Å². The molecular formula is C16H17N3. The largest absolute Gasteiger partial charge is 0.313 e. The zero-order valence-electron chi connectivity index (χ0n) is 11.3. The zero-order chi connectivity index (χ0) is 13.7. The Morgan fingerprint density at radius 1 is 1.26 bits per heavy atom. The molecule has 0 amide bonds. The van der Waals surface area contributed by atoms with Gasteiger partial charge in [0, 0.05) is 24.5 Å². The number of aromatic nitrogens is 1. The number of hydrogen-bond donors (Lipinski definition) is 1. The van der Waals surface area contributed by atoms with Crippen LogP contribution in [0.5, 0.6) is 0 Å². The highest BCUT2D eigenvalue weighted by atomic mass is 14.8. The van der Waals surface area contributed by atoms with Crippen LogP contribution < -0.4 is 5.32 Å². The molecule has 1 aromatic heterocycles. The average Bonchev–Trinajstić information content (AvgIpc) is 2.45. The first-order valence-electron chi connectivity index (χ1n) is 6.40. The Morgan fingerprint density at radius 3 is 2.79 bits per heavy atom. The van der Waals surface area contributed by atoms with Crippen molar-refractivity contribution < 1.29 is 0 Å². The van der Waals surface area contributed by atoms with Crippen molar-refractivity contribution >= 4 is 0 Å². The zero-order valence-corrected chi connectivity index (χ0v) is 11.3. The topological polar surface area (TPSA) is 48.7 Å². The molecule has 1 N–H and O–H groups in total. The first-order chi connectivity index (χ1) is 9.24. The van der Waals surface area contributed by atoms with Gasteiger partial charge in [0.1, 0.15) is 6.07 Å². The lowest BCUT2D eigenvalue weighted by molar-refractivity contribution is 0.726. The van der Waals surface area contributed by atoms with Crippen molar-refractivity contribution in [2.75, 3.05) is 6.54 Å². The summed E-state index contributed by atoms with van der Waals surface area (Å²) in [7, 11) is 0. The van der Waals surface area contributed by atoms with E-state index < -0.39 is 0 Å². The van der Waals surface area contributed by atoms with Crippen molar-refractivity contribution in [1.29, 1.82) is 5.26 Å². The Balaban J connectivity index is 2.32. The molecule has 2 aromatic rings. The van der Waals surface area contributed by atoms with Crippen molar-refractivity contribution in [3.8, 4) is 17.2 Å². The van der Waals surface area contributed by atoms with E-state index in [1.54, 1.807) is 12.4 Å². The molecule has 0 bridgehead atoms. The fourth-order valence-corrected chi connectivity index (χ4v) is 2.08. The minimum absolute atomic E-state index is 0.591. The third-order valence-electron chi connectivity index (χ3n) is 3.05. The second-order valence-corrected chi connectivity index (χ2v) is 4.50. The molecule has 3 heteroatoms. The Morgan fingerprint density at radius 2 is 2.11 bits per heavy atom. The SMILES string of the molecule is CCNCc1ccc(-c2cncc(C#N)c2)c(C)c1. The maximum absolute atomic E-state index is 8.92. The van der Waals surface area contributed by atoms with Crippen LogP contribution in [0.2, 0.25) is 0 Å². The Kier molecular flexibility index (Phi) is 4.27. The molecule has 3 nitrogen and oxygen atoms in total. The van der Waals surface area contributed by atoms with Gasteiger partial charge in [0.25, 0.3) is 0 Å². The molecule has 0 fully saturated rings. The van der Waals surface area contributed by atoms with E-state index in [0.717, 1.165) is 24.2 Å². The second-order valence-electron chi connectivity index (χ2n) is 4.50. The monoisotopic (exact) mass is 251 g/mol. The molecule has 0 aliphatic heterocycles. The lowest BCUT2D eigenvalue weighted by atomic mass is 9.99. The van der Waals surface area contributed by atoms with Crippen LogP contribution in [-0.2, 0) is 6.54 Å². The van der Waals surface area contributed by atoms with Crippen molar-refractivity contribution in [3.05, 3.63) is 53.3 Å². The maximum atomic E-state index is 8.92. The summed E-state index contributed by atoms with van der Waals surface area (Å²) in [6.07, 6.45) is 3.38. The minimum atomic E-state index is 0.591. The number of nitrogens with zero attached hydrogens (tertiary/aromatic N) is 2. The van der Waals surface area contributed by atoms with E-state index in [9.17, 15) is 0 Å². The van der Waals surface area contributed by atoms with Gasteiger partial charge in [0.2, 0.25) is 0 Å². The molecule has 0 unspecified atom stereocenters. The lowest BCUT2D eigenvalue weighted by Crippen LogP contribution is -2.11. The van der Waals surface area contributed by atoms with E-state index in [1.165, 1.54) is 11.1 Å². The van der Waals surface area contributed by atoms with Crippen LogP contribution in [0, 0.1) is 18.3 Å². The lowest BCUT2D eigenvalue weighted by Gasteiger charge is -2.09. The number of nitrogens with one attached hydrogen (secondary N) is 1. The van der Waals surface area contributed by atoms with Crippen molar-refractivity contribution in [1.82, 2.24) is 10.3 Å². The van der Waals surface area contributed by atoms with Crippen LogP contribution in [0.3, 0.4) is 0 Å².